The molecule has 0 aliphatic carbocycles. The summed E-state index contributed by atoms with van der Waals surface area (Å²) in [5, 5.41) is 3.15. The molecule has 1 amide bonds. The molecule has 7 nitrogen and oxygen atoms in total. The zero-order chi connectivity index (χ0) is 17.9. The summed E-state index contributed by atoms with van der Waals surface area (Å²) in [6.07, 6.45) is 6.38. The van der Waals surface area contributed by atoms with Crippen LogP contribution in [0.5, 0.6) is 0 Å². The van der Waals surface area contributed by atoms with Crippen LogP contribution in [0.3, 0.4) is 0 Å². The van der Waals surface area contributed by atoms with Gasteiger partial charge < -0.3 is 9.40 Å². The summed E-state index contributed by atoms with van der Waals surface area (Å²) >= 11 is 1.32. The number of nitrogens with zero attached hydrogens (tertiary/aromatic N) is 2. The Hall–Kier alpha value is -3.52. The fourth-order valence-corrected chi connectivity index (χ4v) is 3.38. The maximum Gasteiger partial charge on any atom is 0.257 e. The van der Waals surface area contributed by atoms with Crippen molar-refractivity contribution in [2.75, 3.05) is 5.32 Å². The second-order valence-corrected chi connectivity index (χ2v) is 6.30. The number of hydrogen-bond acceptors (Lipinski definition) is 6. The number of carbonyl (C=O) groups excluding carboxylic acids is 1. The maximum atomic E-state index is 12.4. The largest absolute Gasteiger partial charge is 0.463 e. The molecule has 4 aromatic heterocycles. The molecule has 0 bridgehead atoms. The summed E-state index contributed by atoms with van der Waals surface area (Å²) in [5.41, 5.74) is 1.47. The van der Waals surface area contributed by atoms with Crippen LogP contribution in [0, 0.1) is 0 Å². The molecule has 0 radical (unpaired) electrons. The van der Waals surface area contributed by atoms with E-state index in [4.69, 9.17) is 4.42 Å². The lowest BCUT2D eigenvalue weighted by Gasteiger charge is -2.00. The van der Waals surface area contributed by atoms with E-state index in [1.54, 1.807) is 24.7 Å². The summed E-state index contributed by atoms with van der Waals surface area (Å²) in [6, 6.07) is 10.1. The van der Waals surface area contributed by atoms with Gasteiger partial charge in [-0.2, -0.15) is 0 Å². The lowest BCUT2D eigenvalue weighted by Crippen LogP contribution is -2.15. The Bertz CT molecular complexity index is 1100. The third kappa shape index (κ3) is 3.17. The van der Waals surface area contributed by atoms with Gasteiger partial charge in [-0.25, -0.2) is 4.98 Å². The molecule has 0 spiro atoms. The van der Waals surface area contributed by atoms with Crippen LogP contribution in [0.4, 0.5) is 5.13 Å². The SMILES string of the molecule is O=C(Nc1nc(-c2ccco2)c(-c2ccncc2)s1)c1cc[nH]c(=O)c1. The highest BCUT2D eigenvalue weighted by Crippen LogP contribution is 2.39. The van der Waals surface area contributed by atoms with E-state index in [-0.39, 0.29) is 11.1 Å². The molecule has 0 unspecified atom stereocenters. The van der Waals surface area contributed by atoms with Gasteiger partial charge in [0.2, 0.25) is 5.56 Å². The van der Waals surface area contributed by atoms with Gasteiger partial charge in [-0.15, -0.1) is 0 Å². The summed E-state index contributed by atoms with van der Waals surface area (Å²) in [5.74, 6) is 0.196. The van der Waals surface area contributed by atoms with E-state index >= 15 is 0 Å². The number of anilines is 1. The topological polar surface area (TPSA) is 101 Å². The lowest BCUT2D eigenvalue weighted by atomic mass is 10.2. The number of H-pyrrole nitrogens is 1. The fourth-order valence-electron chi connectivity index (χ4n) is 2.41. The number of rotatable bonds is 4. The first kappa shape index (κ1) is 16.0. The molecule has 8 heteroatoms. The molecule has 4 rings (SSSR count). The Morgan fingerprint density at radius 3 is 2.77 bits per heavy atom. The normalized spacial score (nSPS) is 10.6. The molecule has 26 heavy (non-hydrogen) atoms. The number of pyridine rings is 2. The minimum absolute atomic E-state index is 0.258. The molecule has 128 valence electrons. The highest BCUT2D eigenvalue weighted by atomic mass is 32.1. The highest BCUT2D eigenvalue weighted by Gasteiger charge is 2.18. The van der Waals surface area contributed by atoms with Crippen LogP contribution in [0.15, 0.2) is 70.5 Å². The molecule has 0 aliphatic heterocycles. The van der Waals surface area contributed by atoms with Gasteiger partial charge in [-0.3, -0.25) is 19.9 Å². The molecule has 0 saturated carbocycles. The van der Waals surface area contributed by atoms with E-state index < -0.39 is 5.91 Å². The van der Waals surface area contributed by atoms with Crippen LogP contribution >= 0.6 is 11.3 Å². The van der Waals surface area contributed by atoms with Crippen molar-refractivity contribution in [3.63, 3.8) is 0 Å². The first-order valence-electron chi connectivity index (χ1n) is 7.66. The summed E-state index contributed by atoms with van der Waals surface area (Å²) in [4.78, 5) is 35.6. The van der Waals surface area contributed by atoms with Crippen molar-refractivity contribution in [3.05, 3.63) is 77.2 Å². The number of hydrogen-bond donors (Lipinski definition) is 2. The highest BCUT2D eigenvalue weighted by molar-refractivity contribution is 7.19. The van der Waals surface area contributed by atoms with Crippen LogP contribution in [0.2, 0.25) is 0 Å². The van der Waals surface area contributed by atoms with Crippen molar-refractivity contribution in [1.82, 2.24) is 15.0 Å². The predicted octanol–water partition coefficient (Wildman–Crippen LogP) is 3.41. The second kappa shape index (κ2) is 6.77. The molecule has 2 N–H and O–H groups in total. The third-order valence-electron chi connectivity index (χ3n) is 3.58. The minimum atomic E-state index is -0.405. The van der Waals surface area contributed by atoms with Crippen molar-refractivity contribution < 1.29 is 9.21 Å². The van der Waals surface area contributed by atoms with Gasteiger partial charge in [-0.05, 0) is 35.9 Å². The first-order chi connectivity index (χ1) is 12.7. The number of thiazole rings is 1. The first-order valence-corrected chi connectivity index (χ1v) is 8.47. The van der Waals surface area contributed by atoms with E-state index in [0.717, 1.165) is 10.4 Å². The molecule has 0 atom stereocenters. The summed E-state index contributed by atoms with van der Waals surface area (Å²) in [6.45, 7) is 0. The van der Waals surface area contributed by atoms with Crippen LogP contribution in [-0.4, -0.2) is 20.9 Å². The lowest BCUT2D eigenvalue weighted by molar-refractivity contribution is 0.102. The average molecular weight is 364 g/mol. The van der Waals surface area contributed by atoms with E-state index in [2.05, 4.69) is 20.3 Å². The zero-order valence-corrected chi connectivity index (χ0v) is 14.1. The Kier molecular flexibility index (Phi) is 4.16. The Balaban J connectivity index is 1.72. The number of amides is 1. The predicted molar refractivity (Wildman–Crippen MR) is 98.1 cm³/mol. The van der Waals surface area contributed by atoms with Gasteiger partial charge in [-0.1, -0.05) is 11.3 Å². The van der Waals surface area contributed by atoms with Gasteiger partial charge >= 0.3 is 0 Å². The van der Waals surface area contributed by atoms with Gasteiger partial charge in [0, 0.05) is 30.2 Å². The van der Waals surface area contributed by atoms with Crippen LogP contribution in [-0.2, 0) is 0 Å². The third-order valence-corrected chi connectivity index (χ3v) is 4.60. The van der Waals surface area contributed by atoms with Gasteiger partial charge in [0.05, 0.1) is 11.1 Å². The van der Waals surface area contributed by atoms with Crippen molar-refractivity contribution in [2.45, 2.75) is 0 Å². The Labute approximate surface area is 151 Å². The summed E-state index contributed by atoms with van der Waals surface area (Å²) < 4.78 is 5.47. The quantitative estimate of drug-likeness (QED) is 0.578. The molecule has 0 saturated heterocycles. The number of aromatic amines is 1. The van der Waals surface area contributed by atoms with E-state index in [1.165, 1.54) is 29.7 Å². The van der Waals surface area contributed by atoms with Crippen LogP contribution < -0.4 is 10.9 Å². The zero-order valence-electron chi connectivity index (χ0n) is 13.3. The molecular formula is C18H12N4O3S. The Morgan fingerprint density at radius 2 is 2.04 bits per heavy atom. The van der Waals surface area contributed by atoms with Crippen molar-refractivity contribution >= 4 is 22.4 Å². The smallest absolute Gasteiger partial charge is 0.257 e. The van der Waals surface area contributed by atoms with Gasteiger partial charge in [0.1, 0.15) is 5.69 Å². The van der Waals surface area contributed by atoms with Crippen molar-refractivity contribution in [2.24, 2.45) is 0 Å². The molecule has 4 heterocycles. The fraction of sp³-hybridized carbons (Fsp3) is 0. The number of carbonyl (C=O) groups is 1. The van der Waals surface area contributed by atoms with Crippen molar-refractivity contribution in [1.29, 1.82) is 0 Å². The second-order valence-electron chi connectivity index (χ2n) is 5.31. The van der Waals surface area contributed by atoms with E-state index in [0.29, 0.717) is 16.6 Å². The van der Waals surface area contributed by atoms with Gasteiger partial charge in [0.15, 0.2) is 10.9 Å². The number of aromatic nitrogens is 3. The molecule has 0 fully saturated rings. The standard InChI is InChI=1S/C18H12N4O3S/c23-14-10-12(5-8-20-14)17(24)22-18-21-15(13-2-1-9-25-13)16(26-18)11-3-6-19-7-4-11/h1-10H,(H,20,23)(H,21,22,24). The van der Waals surface area contributed by atoms with Crippen LogP contribution in [0.1, 0.15) is 10.4 Å². The van der Waals surface area contributed by atoms with Crippen LogP contribution in [0.25, 0.3) is 21.9 Å². The summed E-state index contributed by atoms with van der Waals surface area (Å²) in [7, 11) is 0. The van der Waals surface area contributed by atoms with Crippen molar-refractivity contribution in [3.8, 4) is 21.9 Å². The monoisotopic (exact) mass is 364 g/mol. The molecule has 0 aromatic carbocycles. The minimum Gasteiger partial charge on any atom is -0.463 e. The number of nitrogens with one attached hydrogen (secondary N) is 2. The number of furan rings is 1. The Morgan fingerprint density at radius 1 is 1.19 bits per heavy atom. The molecule has 0 aliphatic rings. The molecular weight excluding hydrogens is 352 g/mol. The van der Waals surface area contributed by atoms with Gasteiger partial charge in [0.25, 0.3) is 5.91 Å². The van der Waals surface area contributed by atoms with E-state index in [9.17, 15) is 9.59 Å². The average Bonchev–Trinajstić information content (AvgIpc) is 3.32. The van der Waals surface area contributed by atoms with E-state index in [1.807, 2.05) is 18.2 Å². The molecule has 4 aromatic rings. The maximum absolute atomic E-state index is 12.4.